The van der Waals surface area contributed by atoms with Crippen molar-refractivity contribution in [3.8, 4) is 0 Å². The van der Waals surface area contributed by atoms with Gasteiger partial charge in [0.05, 0.1) is 11.5 Å². The summed E-state index contributed by atoms with van der Waals surface area (Å²) in [6.07, 6.45) is 3.02. The lowest BCUT2D eigenvalue weighted by molar-refractivity contribution is -0.176. The second kappa shape index (κ2) is 11.8. The minimum atomic E-state index is -1.70. The molecular formula is C31H30O6. The van der Waals surface area contributed by atoms with Crippen molar-refractivity contribution in [2.24, 2.45) is 17.8 Å². The molecule has 4 rings (SSSR count). The smallest absolute Gasteiger partial charge is 0.317 e. The predicted octanol–water partition coefficient (Wildman–Crippen LogP) is 4.76. The van der Waals surface area contributed by atoms with E-state index in [0.717, 1.165) is 16.7 Å². The number of hydrogen-bond acceptors (Lipinski definition) is 6. The van der Waals surface area contributed by atoms with Crippen molar-refractivity contribution in [2.45, 2.75) is 32.2 Å². The highest BCUT2D eigenvalue weighted by atomic mass is 16.5. The third-order valence-electron chi connectivity index (χ3n) is 6.58. The van der Waals surface area contributed by atoms with Crippen molar-refractivity contribution in [1.29, 1.82) is 0 Å². The predicted molar refractivity (Wildman–Crippen MR) is 139 cm³/mol. The zero-order valence-corrected chi connectivity index (χ0v) is 20.7. The molecule has 0 aliphatic heterocycles. The van der Waals surface area contributed by atoms with Crippen molar-refractivity contribution < 1.29 is 29.0 Å². The molecule has 4 atom stereocenters. The SMILES string of the molecule is C[C@]1(O)CC(=O)[C@H](C(=O)OCc2ccccc2)[C@@H](/C=C/c2ccccc2)[C@@H]1C(=O)OCc1ccccc1. The highest BCUT2D eigenvalue weighted by molar-refractivity contribution is 6.02. The number of aliphatic hydroxyl groups is 1. The highest BCUT2D eigenvalue weighted by Crippen LogP contribution is 2.42. The van der Waals surface area contributed by atoms with E-state index in [2.05, 4.69) is 0 Å². The third-order valence-corrected chi connectivity index (χ3v) is 6.58. The number of hydrogen-bond donors (Lipinski definition) is 1. The summed E-state index contributed by atoms with van der Waals surface area (Å²) < 4.78 is 11.1. The number of esters is 2. The van der Waals surface area contributed by atoms with Crippen LogP contribution >= 0.6 is 0 Å². The Kier molecular flexibility index (Phi) is 8.31. The molecule has 0 amide bonds. The van der Waals surface area contributed by atoms with Crippen molar-refractivity contribution in [1.82, 2.24) is 0 Å². The van der Waals surface area contributed by atoms with Crippen LogP contribution in [0.2, 0.25) is 0 Å². The van der Waals surface area contributed by atoms with Crippen LogP contribution < -0.4 is 0 Å². The topological polar surface area (TPSA) is 89.9 Å². The van der Waals surface area contributed by atoms with E-state index in [9.17, 15) is 19.5 Å². The molecule has 190 valence electrons. The molecule has 0 unspecified atom stereocenters. The summed E-state index contributed by atoms with van der Waals surface area (Å²) in [4.78, 5) is 39.8. The minimum Gasteiger partial charge on any atom is -0.461 e. The molecule has 0 heterocycles. The normalized spacial score (nSPS) is 23.5. The molecule has 0 saturated heterocycles. The van der Waals surface area contributed by atoms with Gasteiger partial charge in [-0.15, -0.1) is 0 Å². The van der Waals surface area contributed by atoms with E-state index in [4.69, 9.17) is 9.47 Å². The molecular weight excluding hydrogens is 468 g/mol. The first kappa shape index (κ1) is 26.0. The van der Waals surface area contributed by atoms with Gasteiger partial charge in [0.25, 0.3) is 0 Å². The van der Waals surface area contributed by atoms with Crippen molar-refractivity contribution in [2.75, 3.05) is 0 Å². The van der Waals surface area contributed by atoms with Gasteiger partial charge in [-0.2, -0.15) is 0 Å². The molecule has 1 fully saturated rings. The first-order valence-corrected chi connectivity index (χ1v) is 12.2. The van der Waals surface area contributed by atoms with Gasteiger partial charge >= 0.3 is 11.9 Å². The lowest BCUT2D eigenvalue weighted by atomic mass is 9.63. The van der Waals surface area contributed by atoms with Crippen LogP contribution in [0.5, 0.6) is 0 Å². The fourth-order valence-electron chi connectivity index (χ4n) is 4.74. The van der Waals surface area contributed by atoms with Crippen LogP contribution in [0.1, 0.15) is 30.0 Å². The summed E-state index contributed by atoms with van der Waals surface area (Å²) in [5.41, 5.74) is 0.694. The Morgan fingerprint density at radius 1 is 0.838 bits per heavy atom. The monoisotopic (exact) mass is 498 g/mol. The van der Waals surface area contributed by atoms with Crippen molar-refractivity contribution >= 4 is 23.8 Å². The van der Waals surface area contributed by atoms with E-state index in [1.807, 2.05) is 91.0 Å². The fraction of sp³-hybridized carbons (Fsp3) is 0.258. The number of carbonyl (C=O) groups is 3. The number of Topliss-reactive ketones (excluding diaryl/α,β-unsaturated/α-hetero) is 1. The zero-order chi connectivity index (χ0) is 26.3. The highest BCUT2D eigenvalue weighted by Gasteiger charge is 2.55. The van der Waals surface area contributed by atoms with Crippen LogP contribution in [-0.4, -0.2) is 28.4 Å². The van der Waals surface area contributed by atoms with Gasteiger partial charge in [0, 0.05) is 12.3 Å². The van der Waals surface area contributed by atoms with Crippen LogP contribution in [0.4, 0.5) is 0 Å². The average Bonchev–Trinajstić information content (AvgIpc) is 2.90. The Hall–Kier alpha value is -4.03. The number of ketones is 1. The molecule has 3 aromatic rings. The maximum atomic E-state index is 13.4. The standard InChI is InChI=1S/C31H30O6/c1-31(35)19-26(32)27(29(33)36-20-23-13-7-3-8-14-23)25(18-17-22-11-5-2-6-12-22)28(31)30(34)37-21-24-15-9-4-10-16-24/h2-18,25,27-28,35H,19-21H2,1H3/b18-17+/t25-,27-,28-,31+/m1/s1. The summed E-state index contributed by atoms with van der Waals surface area (Å²) in [5, 5.41) is 11.2. The summed E-state index contributed by atoms with van der Waals surface area (Å²) in [5.74, 6) is -5.24. The van der Waals surface area contributed by atoms with E-state index in [0.29, 0.717) is 0 Å². The van der Waals surface area contributed by atoms with Crippen LogP contribution in [0, 0.1) is 17.8 Å². The first-order valence-electron chi connectivity index (χ1n) is 12.2. The maximum Gasteiger partial charge on any atom is 0.317 e. The van der Waals surface area contributed by atoms with Crippen LogP contribution in [0.15, 0.2) is 97.1 Å². The Labute approximate surface area is 216 Å². The number of allylic oxidation sites excluding steroid dienone is 1. The largest absolute Gasteiger partial charge is 0.461 e. The first-order chi connectivity index (χ1) is 17.8. The van der Waals surface area contributed by atoms with Crippen molar-refractivity contribution in [3.05, 3.63) is 114 Å². The van der Waals surface area contributed by atoms with E-state index in [1.165, 1.54) is 6.92 Å². The van der Waals surface area contributed by atoms with Crippen LogP contribution in [0.3, 0.4) is 0 Å². The second-order valence-electron chi connectivity index (χ2n) is 9.49. The van der Waals surface area contributed by atoms with Crippen LogP contribution in [-0.2, 0) is 37.1 Å². The molecule has 1 N–H and O–H groups in total. The summed E-state index contributed by atoms with van der Waals surface area (Å²) in [7, 11) is 0. The summed E-state index contributed by atoms with van der Waals surface area (Å²) in [6.45, 7) is 1.45. The van der Waals surface area contributed by atoms with Gasteiger partial charge in [0.15, 0.2) is 5.78 Å². The average molecular weight is 499 g/mol. The van der Waals surface area contributed by atoms with Gasteiger partial charge < -0.3 is 14.6 Å². The molecule has 0 aromatic heterocycles. The lowest BCUT2D eigenvalue weighted by Gasteiger charge is -2.42. The Morgan fingerprint density at radius 3 is 1.86 bits per heavy atom. The summed E-state index contributed by atoms with van der Waals surface area (Å²) in [6, 6.07) is 27.7. The van der Waals surface area contributed by atoms with Gasteiger partial charge in [0.2, 0.25) is 0 Å². The molecule has 0 bridgehead atoms. The number of ether oxygens (including phenoxy) is 2. The van der Waals surface area contributed by atoms with Gasteiger partial charge in [-0.25, -0.2) is 0 Å². The Morgan fingerprint density at radius 2 is 1.32 bits per heavy atom. The molecule has 3 aromatic carbocycles. The van der Waals surface area contributed by atoms with Gasteiger partial charge in [-0.3, -0.25) is 14.4 Å². The number of benzene rings is 3. The molecule has 6 heteroatoms. The van der Waals surface area contributed by atoms with E-state index in [1.54, 1.807) is 12.2 Å². The molecule has 0 radical (unpaired) electrons. The van der Waals surface area contributed by atoms with Gasteiger partial charge in [-0.1, -0.05) is 103 Å². The quantitative estimate of drug-likeness (QED) is 0.356. The molecule has 1 saturated carbocycles. The number of rotatable bonds is 8. The van der Waals surface area contributed by atoms with E-state index in [-0.39, 0.29) is 19.6 Å². The number of carbonyl (C=O) groups excluding carboxylic acids is 3. The van der Waals surface area contributed by atoms with Crippen LogP contribution in [0.25, 0.3) is 6.08 Å². The van der Waals surface area contributed by atoms with Gasteiger partial charge in [0.1, 0.15) is 19.1 Å². The Balaban J connectivity index is 1.62. The van der Waals surface area contributed by atoms with E-state index < -0.39 is 41.1 Å². The summed E-state index contributed by atoms with van der Waals surface area (Å²) >= 11 is 0. The Bertz CT molecular complexity index is 1230. The second-order valence-corrected chi connectivity index (χ2v) is 9.49. The molecule has 1 aliphatic rings. The van der Waals surface area contributed by atoms with E-state index >= 15 is 0 Å². The van der Waals surface area contributed by atoms with Gasteiger partial charge in [-0.05, 0) is 23.6 Å². The fourth-order valence-corrected chi connectivity index (χ4v) is 4.74. The molecule has 1 aliphatic carbocycles. The molecule has 37 heavy (non-hydrogen) atoms. The third kappa shape index (κ3) is 6.60. The molecule has 0 spiro atoms. The van der Waals surface area contributed by atoms with Crippen molar-refractivity contribution in [3.63, 3.8) is 0 Å². The maximum absolute atomic E-state index is 13.4. The lowest BCUT2D eigenvalue weighted by Crippen LogP contribution is -2.55. The zero-order valence-electron chi connectivity index (χ0n) is 20.7. The molecule has 6 nitrogen and oxygen atoms in total. The minimum absolute atomic E-state index is 0.00190.